The average molecular weight is 288 g/mol. The molecule has 2 rings (SSSR count). The van der Waals surface area contributed by atoms with Crippen LogP contribution in [0.2, 0.25) is 0 Å². The molecular formula is C12H17FN2O3S. The minimum Gasteiger partial charge on any atom is -0.399 e. The van der Waals surface area contributed by atoms with Gasteiger partial charge < -0.3 is 10.8 Å². The van der Waals surface area contributed by atoms with Gasteiger partial charge in [-0.3, -0.25) is 0 Å². The number of nitrogen functional groups attached to an aromatic ring is 1. The van der Waals surface area contributed by atoms with Crippen LogP contribution in [0.1, 0.15) is 25.7 Å². The third-order valence-corrected chi connectivity index (χ3v) is 5.07. The van der Waals surface area contributed by atoms with Crippen LogP contribution < -0.4 is 10.5 Å². The van der Waals surface area contributed by atoms with Crippen LogP contribution in [0.4, 0.5) is 10.1 Å². The molecule has 0 bridgehead atoms. The number of anilines is 1. The molecule has 19 heavy (non-hydrogen) atoms. The van der Waals surface area contributed by atoms with Crippen molar-refractivity contribution in [1.82, 2.24) is 4.72 Å². The molecular weight excluding hydrogens is 271 g/mol. The van der Waals surface area contributed by atoms with Gasteiger partial charge in [0.25, 0.3) is 0 Å². The maximum atomic E-state index is 13.7. The first-order valence-corrected chi connectivity index (χ1v) is 7.57. The molecule has 1 aromatic rings. The zero-order valence-electron chi connectivity index (χ0n) is 10.4. The Balaban J connectivity index is 2.32. The van der Waals surface area contributed by atoms with Gasteiger partial charge in [0.2, 0.25) is 10.0 Å². The number of benzene rings is 1. The van der Waals surface area contributed by atoms with E-state index in [2.05, 4.69) is 4.72 Å². The predicted molar refractivity (Wildman–Crippen MR) is 69.4 cm³/mol. The van der Waals surface area contributed by atoms with Gasteiger partial charge in [0.1, 0.15) is 10.7 Å². The van der Waals surface area contributed by atoms with E-state index in [1.165, 1.54) is 6.07 Å². The third kappa shape index (κ3) is 2.88. The van der Waals surface area contributed by atoms with Gasteiger partial charge in [-0.05, 0) is 31.0 Å². The largest absolute Gasteiger partial charge is 0.399 e. The van der Waals surface area contributed by atoms with Crippen LogP contribution >= 0.6 is 0 Å². The van der Waals surface area contributed by atoms with Crippen LogP contribution in [0.15, 0.2) is 23.1 Å². The molecule has 7 heteroatoms. The molecule has 5 nitrogen and oxygen atoms in total. The smallest absolute Gasteiger partial charge is 0.244 e. The standard InChI is InChI=1S/C12H17FN2O3S/c13-10-7-9(14)3-4-11(10)19(17,18)15-12(8-16)5-1-2-6-12/h3-4,7,15-16H,1-2,5-6,8,14H2. The van der Waals surface area contributed by atoms with Crippen molar-refractivity contribution >= 4 is 15.7 Å². The Labute approximate surface area is 111 Å². The maximum Gasteiger partial charge on any atom is 0.244 e. The fourth-order valence-corrected chi connectivity index (χ4v) is 3.93. The van der Waals surface area contributed by atoms with Gasteiger partial charge in [-0.15, -0.1) is 0 Å². The van der Waals surface area contributed by atoms with Gasteiger partial charge >= 0.3 is 0 Å². The fourth-order valence-electron chi connectivity index (χ4n) is 2.42. The summed E-state index contributed by atoms with van der Waals surface area (Å²) in [5.74, 6) is -0.890. The monoisotopic (exact) mass is 288 g/mol. The van der Waals surface area contributed by atoms with Crippen molar-refractivity contribution < 1.29 is 17.9 Å². The van der Waals surface area contributed by atoms with E-state index < -0.39 is 26.3 Å². The first kappa shape index (κ1) is 14.2. The lowest BCUT2D eigenvalue weighted by atomic mass is 10.0. The van der Waals surface area contributed by atoms with E-state index in [4.69, 9.17) is 5.73 Å². The summed E-state index contributed by atoms with van der Waals surface area (Å²) in [5, 5.41) is 9.40. The van der Waals surface area contributed by atoms with Crippen LogP contribution in [0, 0.1) is 5.82 Å². The number of hydrogen-bond acceptors (Lipinski definition) is 4. The van der Waals surface area contributed by atoms with Gasteiger partial charge in [0.05, 0.1) is 12.1 Å². The zero-order valence-corrected chi connectivity index (χ0v) is 11.2. The van der Waals surface area contributed by atoms with Gasteiger partial charge in [-0.2, -0.15) is 0 Å². The molecule has 0 aromatic heterocycles. The van der Waals surface area contributed by atoms with Gasteiger partial charge in [-0.1, -0.05) is 12.8 Å². The summed E-state index contributed by atoms with van der Waals surface area (Å²) in [6.45, 7) is -0.289. The Hall–Kier alpha value is -1.18. The third-order valence-electron chi connectivity index (χ3n) is 3.46. The molecule has 0 saturated heterocycles. The van der Waals surface area contributed by atoms with E-state index >= 15 is 0 Å². The molecule has 0 unspecified atom stereocenters. The second-order valence-electron chi connectivity index (χ2n) is 4.94. The van der Waals surface area contributed by atoms with Crippen LogP contribution in [-0.4, -0.2) is 25.7 Å². The summed E-state index contributed by atoms with van der Waals surface area (Å²) in [6.07, 6.45) is 2.79. The van der Waals surface area contributed by atoms with E-state index in [9.17, 15) is 17.9 Å². The number of sulfonamides is 1. The second kappa shape index (κ2) is 5.07. The first-order valence-electron chi connectivity index (χ1n) is 6.08. The van der Waals surface area contributed by atoms with Crippen molar-refractivity contribution in [2.75, 3.05) is 12.3 Å². The predicted octanol–water partition coefficient (Wildman–Crippen LogP) is 0.991. The molecule has 0 radical (unpaired) electrons. The summed E-state index contributed by atoms with van der Waals surface area (Å²) in [6, 6.07) is 3.43. The topological polar surface area (TPSA) is 92.4 Å². The quantitative estimate of drug-likeness (QED) is 0.720. The van der Waals surface area contributed by atoms with E-state index in [0.29, 0.717) is 12.8 Å². The highest BCUT2D eigenvalue weighted by Gasteiger charge is 2.38. The number of nitrogens with one attached hydrogen (secondary N) is 1. The molecule has 1 fully saturated rings. The molecule has 0 heterocycles. The lowest BCUT2D eigenvalue weighted by molar-refractivity contribution is 0.185. The van der Waals surface area contributed by atoms with Crippen LogP contribution in [0.3, 0.4) is 0 Å². The summed E-state index contributed by atoms with van der Waals surface area (Å²) in [5.41, 5.74) is 4.68. The Kier molecular flexibility index (Phi) is 3.80. The van der Waals surface area contributed by atoms with E-state index in [1.54, 1.807) is 0 Å². The normalized spacial score (nSPS) is 18.6. The van der Waals surface area contributed by atoms with E-state index in [-0.39, 0.29) is 12.3 Å². The molecule has 106 valence electrons. The highest BCUT2D eigenvalue weighted by molar-refractivity contribution is 7.89. The molecule has 0 amide bonds. The summed E-state index contributed by atoms with van der Waals surface area (Å²) in [4.78, 5) is -0.443. The summed E-state index contributed by atoms with van der Waals surface area (Å²) in [7, 11) is -4.00. The molecule has 0 aliphatic heterocycles. The van der Waals surface area contributed by atoms with Crippen molar-refractivity contribution in [2.24, 2.45) is 0 Å². The Morgan fingerprint density at radius 2 is 2.00 bits per heavy atom. The molecule has 1 aromatic carbocycles. The Morgan fingerprint density at radius 3 is 2.53 bits per heavy atom. The summed E-state index contributed by atoms with van der Waals surface area (Å²) >= 11 is 0. The molecule has 1 saturated carbocycles. The van der Waals surface area contributed by atoms with Crippen LogP contribution in [-0.2, 0) is 10.0 Å². The van der Waals surface area contributed by atoms with E-state index in [0.717, 1.165) is 25.0 Å². The minimum absolute atomic E-state index is 0.161. The number of aliphatic hydroxyl groups is 1. The number of halogens is 1. The number of nitrogens with two attached hydrogens (primary N) is 1. The van der Waals surface area contributed by atoms with Gasteiger partial charge in [0, 0.05) is 5.69 Å². The van der Waals surface area contributed by atoms with Crippen molar-refractivity contribution in [3.05, 3.63) is 24.0 Å². The fraction of sp³-hybridized carbons (Fsp3) is 0.500. The van der Waals surface area contributed by atoms with Crippen molar-refractivity contribution in [2.45, 2.75) is 36.1 Å². The first-order chi connectivity index (χ1) is 8.88. The minimum atomic E-state index is -4.00. The summed E-state index contributed by atoms with van der Waals surface area (Å²) < 4.78 is 40.5. The number of rotatable bonds is 4. The number of aliphatic hydroxyl groups excluding tert-OH is 1. The molecule has 1 aliphatic carbocycles. The van der Waals surface area contributed by atoms with Crippen LogP contribution in [0.5, 0.6) is 0 Å². The lowest BCUT2D eigenvalue weighted by Gasteiger charge is -2.27. The maximum absolute atomic E-state index is 13.7. The Bertz CT molecular complexity index is 568. The highest BCUT2D eigenvalue weighted by Crippen LogP contribution is 2.31. The molecule has 0 spiro atoms. The van der Waals surface area contributed by atoms with Crippen molar-refractivity contribution in [1.29, 1.82) is 0 Å². The van der Waals surface area contributed by atoms with Crippen LogP contribution in [0.25, 0.3) is 0 Å². The average Bonchev–Trinajstić information content (AvgIpc) is 2.77. The second-order valence-corrected chi connectivity index (χ2v) is 6.59. The van der Waals surface area contributed by atoms with Crippen molar-refractivity contribution in [3.63, 3.8) is 0 Å². The highest BCUT2D eigenvalue weighted by atomic mass is 32.2. The molecule has 4 N–H and O–H groups in total. The molecule has 1 aliphatic rings. The zero-order chi connectivity index (χ0) is 14.1. The SMILES string of the molecule is Nc1ccc(S(=O)(=O)NC2(CO)CCCC2)c(F)c1. The number of hydrogen-bond donors (Lipinski definition) is 3. The molecule has 0 atom stereocenters. The van der Waals surface area contributed by atoms with Gasteiger partial charge in [0.15, 0.2) is 0 Å². The van der Waals surface area contributed by atoms with Crippen molar-refractivity contribution in [3.8, 4) is 0 Å². The van der Waals surface area contributed by atoms with E-state index in [1.807, 2.05) is 0 Å². The lowest BCUT2D eigenvalue weighted by Crippen LogP contribution is -2.49. The Morgan fingerprint density at radius 1 is 1.37 bits per heavy atom. The van der Waals surface area contributed by atoms with Gasteiger partial charge in [-0.25, -0.2) is 17.5 Å².